The monoisotopic (exact) mass is 434 g/mol. The van der Waals surface area contributed by atoms with Crippen LogP contribution in [-0.4, -0.2) is 21.7 Å². The Bertz CT molecular complexity index is 1150. The Morgan fingerprint density at radius 1 is 0.844 bits per heavy atom. The second kappa shape index (κ2) is 8.24. The van der Waals surface area contributed by atoms with Crippen LogP contribution in [0.3, 0.4) is 0 Å². The molecular formula is C25H21F3N4. The number of rotatable bonds is 5. The Hall–Kier alpha value is -3.45. The fourth-order valence-electron chi connectivity index (χ4n) is 5.01. The Labute approximate surface area is 183 Å². The van der Waals surface area contributed by atoms with Gasteiger partial charge in [0, 0.05) is 18.9 Å². The average Bonchev–Trinajstić information content (AvgIpc) is 3.44. The molecule has 3 aromatic carbocycles. The molecule has 32 heavy (non-hydrogen) atoms. The average molecular weight is 434 g/mol. The summed E-state index contributed by atoms with van der Waals surface area (Å²) in [6.07, 6.45) is 1.99. The van der Waals surface area contributed by atoms with Gasteiger partial charge < -0.3 is 5.32 Å². The first-order valence-electron chi connectivity index (χ1n) is 10.4. The predicted molar refractivity (Wildman–Crippen MR) is 114 cm³/mol. The van der Waals surface area contributed by atoms with Gasteiger partial charge in [0.05, 0.1) is 5.54 Å². The molecule has 4 aromatic rings. The van der Waals surface area contributed by atoms with Crippen LogP contribution in [0.2, 0.25) is 0 Å². The highest BCUT2D eigenvalue weighted by Crippen LogP contribution is 2.51. The maximum atomic E-state index is 15.2. The van der Waals surface area contributed by atoms with E-state index in [1.165, 1.54) is 36.7 Å². The van der Waals surface area contributed by atoms with E-state index >= 15 is 4.39 Å². The van der Waals surface area contributed by atoms with Gasteiger partial charge in [0.2, 0.25) is 0 Å². The minimum absolute atomic E-state index is 0.0602. The molecule has 4 nitrogen and oxygen atoms in total. The number of nitrogens with one attached hydrogen (secondary N) is 2. The summed E-state index contributed by atoms with van der Waals surface area (Å²) in [5, 5.41) is 10.4. The third-order valence-corrected chi connectivity index (χ3v) is 6.34. The molecule has 162 valence electrons. The van der Waals surface area contributed by atoms with E-state index in [-0.39, 0.29) is 29.3 Å². The number of H-pyrrole nitrogens is 1. The van der Waals surface area contributed by atoms with E-state index in [4.69, 9.17) is 0 Å². The molecule has 0 spiro atoms. The van der Waals surface area contributed by atoms with Crippen LogP contribution >= 0.6 is 0 Å². The highest BCUT2D eigenvalue weighted by Gasteiger charge is 2.52. The van der Waals surface area contributed by atoms with Crippen LogP contribution in [0.5, 0.6) is 0 Å². The Morgan fingerprint density at radius 3 is 2.03 bits per heavy atom. The van der Waals surface area contributed by atoms with Crippen molar-refractivity contribution in [2.45, 2.75) is 17.9 Å². The van der Waals surface area contributed by atoms with Gasteiger partial charge in [0.1, 0.15) is 29.6 Å². The molecule has 1 aliphatic heterocycles. The van der Waals surface area contributed by atoms with Gasteiger partial charge >= 0.3 is 0 Å². The number of aromatic amines is 1. The molecule has 0 saturated carbocycles. The minimum Gasteiger partial charge on any atom is -0.303 e. The van der Waals surface area contributed by atoms with Crippen molar-refractivity contribution in [1.82, 2.24) is 20.5 Å². The Kier molecular flexibility index (Phi) is 5.27. The lowest BCUT2D eigenvalue weighted by molar-refractivity contribution is 0.368. The molecule has 0 radical (unpaired) electrons. The van der Waals surface area contributed by atoms with Crippen LogP contribution in [0.1, 0.15) is 28.4 Å². The largest absolute Gasteiger partial charge is 0.303 e. The minimum atomic E-state index is -0.895. The lowest BCUT2D eigenvalue weighted by Gasteiger charge is -2.39. The van der Waals surface area contributed by atoms with Crippen molar-refractivity contribution in [2.75, 3.05) is 6.54 Å². The molecule has 1 saturated heterocycles. The van der Waals surface area contributed by atoms with Gasteiger partial charge in [-0.3, -0.25) is 5.10 Å². The van der Waals surface area contributed by atoms with Crippen LogP contribution in [-0.2, 0) is 12.0 Å². The zero-order valence-corrected chi connectivity index (χ0v) is 17.1. The standard InChI is InChI=1S/C25H21F3N4/c26-19-9-5-17(6-10-19)25(18-7-11-20(27)12-8-18)24(21-3-1-2-4-22(21)28)16(14-30-25)13-23-29-15-31-32-23/h1-12,15-16,24,30H,13-14H2,(H,29,31,32)/t16-,24?/m1/s1. The van der Waals surface area contributed by atoms with E-state index in [1.54, 1.807) is 36.4 Å². The first kappa shape index (κ1) is 20.5. The lowest BCUT2D eigenvalue weighted by atomic mass is 9.67. The van der Waals surface area contributed by atoms with Crippen LogP contribution in [0.4, 0.5) is 13.2 Å². The van der Waals surface area contributed by atoms with Gasteiger partial charge in [0.15, 0.2) is 0 Å². The predicted octanol–water partition coefficient (Wildman–Crippen LogP) is 4.71. The Morgan fingerprint density at radius 2 is 1.47 bits per heavy atom. The number of halogens is 3. The maximum Gasteiger partial charge on any atom is 0.137 e. The van der Waals surface area contributed by atoms with Crippen LogP contribution < -0.4 is 5.32 Å². The summed E-state index contributed by atoms with van der Waals surface area (Å²) in [5.41, 5.74) is 1.20. The topological polar surface area (TPSA) is 53.6 Å². The lowest BCUT2D eigenvalue weighted by Crippen LogP contribution is -2.42. The maximum absolute atomic E-state index is 15.2. The number of hydrogen-bond donors (Lipinski definition) is 2. The molecular weight excluding hydrogens is 413 g/mol. The summed E-state index contributed by atoms with van der Waals surface area (Å²) in [5.74, 6) is -0.771. The zero-order valence-electron chi connectivity index (χ0n) is 17.1. The smallest absolute Gasteiger partial charge is 0.137 e. The number of benzene rings is 3. The van der Waals surface area contributed by atoms with Gasteiger partial charge in [-0.15, -0.1) is 0 Å². The summed E-state index contributed by atoms with van der Waals surface area (Å²) in [7, 11) is 0. The summed E-state index contributed by atoms with van der Waals surface area (Å²) in [6, 6.07) is 19.1. The van der Waals surface area contributed by atoms with Crippen LogP contribution in [0.15, 0.2) is 79.1 Å². The molecule has 1 aromatic heterocycles. The fourth-order valence-corrected chi connectivity index (χ4v) is 5.01. The first-order valence-corrected chi connectivity index (χ1v) is 10.4. The van der Waals surface area contributed by atoms with E-state index in [0.29, 0.717) is 24.4 Å². The van der Waals surface area contributed by atoms with Crippen molar-refractivity contribution in [3.8, 4) is 0 Å². The number of hydrogen-bond acceptors (Lipinski definition) is 3. The van der Waals surface area contributed by atoms with E-state index in [1.807, 2.05) is 6.07 Å². The summed E-state index contributed by atoms with van der Waals surface area (Å²) >= 11 is 0. The molecule has 5 rings (SSSR count). The molecule has 2 atom stereocenters. The quantitative estimate of drug-likeness (QED) is 0.478. The first-order chi connectivity index (χ1) is 15.6. The molecule has 1 unspecified atom stereocenters. The molecule has 0 aliphatic carbocycles. The van der Waals surface area contributed by atoms with Crippen molar-refractivity contribution in [3.63, 3.8) is 0 Å². The van der Waals surface area contributed by atoms with Crippen molar-refractivity contribution in [3.05, 3.63) is 119 Å². The van der Waals surface area contributed by atoms with Gasteiger partial charge in [-0.25, -0.2) is 18.2 Å². The molecule has 0 bridgehead atoms. The van der Waals surface area contributed by atoms with Gasteiger partial charge in [0.25, 0.3) is 0 Å². The number of aromatic nitrogens is 3. The van der Waals surface area contributed by atoms with E-state index in [0.717, 1.165) is 11.1 Å². The van der Waals surface area contributed by atoms with E-state index in [9.17, 15) is 8.78 Å². The molecule has 1 fully saturated rings. The molecule has 2 N–H and O–H groups in total. The fraction of sp³-hybridized carbons (Fsp3) is 0.200. The van der Waals surface area contributed by atoms with Gasteiger partial charge in [-0.2, -0.15) is 5.10 Å². The number of nitrogens with zero attached hydrogens (tertiary/aromatic N) is 2. The Balaban J connectivity index is 1.73. The third kappa shape index (κ3) is 3.48. The van der Waals surface area contributed by atoms with Gasteiger partial charge in [-0.05, 0) is 52.9 Å². The van der Waals surface area contributed by atoms with Crippen LogP contribution in [0.25, 0.3) is 0 Å². The second-order valence-electron chi connectivity index (χ2n) is 8.10. The SMILES string of the molecule is Fc1ccc(C2(c3ccc(F)cc3)NC[C@@H](Cc3ncn[nH]3)C2c2ccccc2F)cc1. The van der Waals surface area contributed by atoms with Crippen LogP contribution in [0, 0.1) is 23.4 Å². The highest BCUT2D eigenvalue weighted by atomic mass is 19.1. The van der Waals surface area contributed by atoms with Crippen molar-refractivity contribution in [1.29, 1.82) is 0 Å². The molecule has 2 heterocycles. The summed E-state index contributed by atoms with van der Waals surface area (Å²) in [6.45, 7) is 0.550. The zero-order chi connectivity index (χ0) is 22.1. The highest BCUT2D eigenvalue weighted by molar-refractivity contribution is 5.47. The van der Waals surface area contributed by atoms with Crippen molar-refractivity contribution < 1.29 is 13.2 Å². The normalized spacial score (nSPS) is 19.8. The third-order valence-electron chi connectivity index (χ3n) is 6.34. The van der Waals surface area contributed by atoms with E-state index in [2.05, 4.69) is 20.5 Å². The molecule has 0 amide bonds. The van der Waals surface area contributed by atoms with Crippen molar-refractivity contribution >= 4 is 0 Å². The second-order valence-corrected chi connectivity index (χ2v) is 8.10. The molecule has 7 heteroatoms. The van der Waals surface area contributed by atoms with E-state index < -0.39 is 5.54 Å². The summed E-state index contributed by atoms with van der Waals surface area (Å²) in [4.78, 5) is 4.26. The molecule has 1 aliphatic rings. The van der Waals surface area contributed by atoms with Crippen molar-refractivity contribution in [2.24, 2.45) is 5.92 Å². The summed E-state index contributed by atoms with van der Waals surface area (Å²) < 4.78 is 42.8. The van der Waals surface area contributed by atoms with Gasteiger partial charge in [-0.1, -0.05) is 42.5 Å².